The van der Waals surface area contributed by atoms with Gasteiger partial charge in [0.2, 0.25) is 11.7 Å². The first-order valence-electron chi connectivity index (χ1n) is 13.8. The van der Waals surface area contributed by atoms with Gasteiger partial charge in [-0.15, -0.1) is 0 Å². The Labute approximate surface area is 240 Å². The van der Waals surface area contributed by atoms with Crippen LogP contribution in [0.3, 0.4) is 0 Å². The van der Waals surface area contributed by atoms with Crippen molar-refractivity contribution in [3.8, 4) is 5.75 Å². The van der Waals surface area contributed by atoms with Crippen LogP contribution in [0.5, 0.6) is 5.75 Å². The summed E-state index contributed by atoms with van der Waals surface area (Å²) in [5.74, 6) is -5.82. The molecule has 0 aromatic heterocycles. The third-order valence-electron chi connectivity index (χ3n) is 8.49. The predicted octanol–water partition coefficient (Wildman–Crippen LogP) is 1.13. The summed E-state index contributed by atoms with van der Waals surface area (Å²) in [7, 11) is 6.88. The number of benzene rings is 1. The van der Waals surface area contributed by atoms with Crippen molar-refractivity contribution in [1.29, 1.82) is 0 Å². The van der Waals surface area contributed by atoms with Crippen LogP contribution >= 0.6 is 0 Å². The zero-order chi connectivity index (χ0) is 31.2. The maximum atomic E-state index is 14.0. The molecule has 0 heterocycles. The first-order valence-corrected chi connectivity index (χ1v) is 13.8. The van der Waals surface area contributed by atoms with E-state index in [1.54, 1.807) is 39.2 Å². The van der Waals surface area contributed by atoms with E-state index in [-0.39, 0.29) is 48.4 Å². The van der Waals surface area contributed by atoms with Crippen LogP contribution in [-0.4, -0.2) is 95.0 Å². The zero-order valence-electron chi connectivity index (χ0n) is 24.9. The highest BCUT2D eigenvalue weighted by Crippen LogP contribution is 2.51. The number of phenolic OH excluding ortho intramolecular Hbond substituents is 1. The van der Waals surface area contributed by atoms with Gasteiger partial charge in [-0.3, -0.25) is 19.2 Å². The van der Waals surface area contributed by atoms with Crippen molar-refractivity contribution in [3.05, 3.63) is 28.3 Å². The lowest BCUT2D eigenvalue weighted by Crippen LogP contribution is -2.64. The minimum Gasteiger partial charge on any atom is -0.507 e. The molecule has 1 aromatic carbocycles. The van der Waals surface area contributed by atoms with Crippen LogP contribution in [0.2, 0.25) is 0 Å². The number of nitrogens with two attached hydrogens (primary N) is 1. The highest BCUT2D eigenvalue weighted by molar-refractivity contribution is 6.23. The maximum Gasteiger partial charge on any atom is 0.225 e. The van der Waals surface area contributed by atoms with Gasteiger partial charge in [0.1, 0.15) is 17.3 Å². The Morgan fingerprint density at radius 2 is 1.76 bits per heavy atom. The van der Waals surface area contributed by atoms with Gasteiger partial charge in [-0.2, -0.15) is 0 Å². The SMILES string of the molecule is CN(C)c1cc(CCC(=O)C(C)(C)C)c(O)c2c1C[C@H]1C[C@@H]([C@@H](CO)N(C)C)[C@@](O)(C(=O)CC(N)=O)C(=O)C1=C2O. The fourth-order valence-electron chi connectivity index (χ4n) is 6.16. The minimum atomic E-state index is -2.74. The average molecular weight is 574 g/mol. The number of aliphatic hydroxyl groups excluding tert-OH is 2. The molecule has 4 atom stereocenters. The quantitative estimate of drug-likeness (QED) is 0.255. The van der Waals surface area contributed by atoms with Crippen LogP contribution in [0.1, 0.15) is 56.7 Å². The smallest absolute Gasteiger partial charge is 0.225 e. The van der Waals surface area contributed by atoms with E-state index in [0.29, 0.717) is 16.8 Å². The van der Waals surface area contributed by atoms with Crippen LogP contribution in [0.15, 0.2) is 11.6 Å². The number of phenols is 1. The summed E-state index contributed by atoms with van der Waals surface area (Å²) in [6.07, 6.45) is -0.325. The molecule has 0 unspecified atom stereocenters. The number of anilines is 1. The Bertz CT molecular complexity index is 1290. The number of aromatic hydroxyl groups is 1. The topological polar surface area (TPSA) is 182 Å². The monoisotopic (exact) mass is 573 g/mol. The van der Waals surface area contributed by atoms with E-state index < -0.39 is 65.2 Å². The number of aryl methyl sites for hydroxylation is 1. The molecule has 2 aliphatic carbocycles. The highest BCUT2D eigenvalue weighted by atomic mass is 16.3. The van der Waals surface area contributed by atoms with Gasteiger partial charge in [-0.1, -0.05) is 20.8 Å². The molecular weight excluding hydrogens is 530 g/mol. The maximum absolute atomic E-state index is 14.0. The molecule has 0 aliphatic heterocycles. The Balaban J connectivity index is 2.24. The molecule has 0 saturated heterocycles. The third-order valence-corrected chi connectivity index (χ3v) is 8.49. The summed E-state index contributed by atoms with van der Waals surface area (Å²) in [5.41, 5.74) is 3.40. The summed E-state index contributed by atoms with van der Waals surface area (Å²) in [6, 6.07) is 0.948. The van der Waals surface area contributed by atoms with E-state index in [4.69, 9.17) is 5.73 Å². The Kier molecular flexibility index (Phi) is 9.07. The van der Waals surface area contributed by atoms with E-state index in [1.165, 1.54) is 0 Å². The van der Waals surface area contributed by atoms with Crippen LogP contribution in [0.25, 0.3) is 5.76 Å². The summed E-state index contributed by atoms with van der Waals surface area (Å²) >= 11 is 0. The number of nitrogens with zero attached hydrogens (tertiary/aromatic N) is 2. The number of aliphatic hydroxyl groups is 3. The molecule has 11 heteroatoms. The number of Topliss-reactive ketones (excluding diaryl/α,β-unsaturated/α-hetero) is 3. The lowest BCUT2D eigenvalue weighted by Gasteiger charge is -2.47. The number of amides is 1. The first kappa shape index (κ1) is 32.2. The van der Waals surface area contributed by atoms with Gasteiger partial charge in [0.15, 0.2) is 11.4 Å². The highest BCUT2D eigenvalue weighted by Gasteiger charge is 2.60. The Morgan fingerprint density at radius 1 is 1.15 bits per heavy atom. The Hall–Kier alpha value is -3.28. The van der Waals surface area contributed by atoms with Crippen LogP contribution in [0.4, 0.5) is 5.69 Å². The molecule has 0 radical (unpaired) electrons. The van der Waals surface area contributed by atoms with Gasteiger partial charge in [0.05, 0.1) is 18.6 Å². The molecule has 0 bridgehead atoms. The van der Waals surface area contributed by atoms with Gasteiger partial charge < -0.3 is 36.0 Å². The number of ketones is 3. The number of rotatable bonds is 10. The third kappa shape index (κ3) is 5.75. The predicted molar refractivity (Wildman–Crippen MR) is 153 cm³/mol. The number of fused-ring (bicyclic) bond motifs is 2. The molecule has 11 nitrogen and oxygen atoms in total. The molecule has 0 spiro atoms. The second kappa shape index (κ2) is 11.5. The van der Waals surface area contributed by atoms with Crippen molar-refractivity contribution in [2.45, 2.75) is 64.5 Å². The van der Waals surface area contributed by atoms with Gasteiger partial charge in [-0.25, -0.2) is 0 Å². The van der Waals surface area contributed by atoms with E-state index in [0.717, 1.165) is 0 Å². The number of carbonyl (C=O) groups is 4. The molecule has 1 amide bonds. The molecule has 41 heavy (non-hydrogen) atoms. The fraction of sp³-hybridized carbons (Fsp3) is 0.600. The molecule has 1 aromatic rings. The van der Waals surface area contributed by atoms with E-state index in [9.17, 15) is 39.6 Å². The molecular formula is C30H43N3O8. The number of hydrogen-bond donors (Lipinski definition) is 5. The van der Waals surface area contributed by atoms with Crippen LogP contribution < -0.4 is 10.6 Å². The number of primary amides is 1. The van der Waals surface area contributed by atoms with Gasteiger partial charge in [-0.05, 0) is 56.5 Å². The molecule has 226 valence electrons. The summed E-state index contributed by atoms with van der Waals surface area (Å²) in [4.78, 5) is 55.0. The zero-order valence-corrected chi connectivity index (χ0v) is 24.9. The average Bonchev–Trinajstić information content (AvgIpc) is 2.84. The number of carbonyl (C=O) groups excluding carboxylic acids is 4. The van der Waals surface area contributed by atoms with Crippen molar-refractivity contribution in [2.24, 2.45) is 23.0 Å². The second-order valence-electron chi connectivity index (χ2n) is 12.7. The van der Waals surface area contributed by atoms with Crippen molar-refractivity contribution < 1.29 is 39.6 Å². The molecule has 3 rings (SSSR count). The largest absolute Gasteiger partial charge is 0.507 e. The lowest BCUT2D eigenvalue weighted by atomic mass is 9.59. The van der Waals surface area contributed by atoms with Crippen molar-refractivity contribution in [2.75, 3.05) is 39.7 Å². The fourth-order valence-corrected chi connectivity index (χ4v) is 6.16. The summed E-state index contributed by atoms with van der Waals surface area (Å²) in [6.45, 7) is 4.95. The minimum absolute atomic E-state index is 0.00507. The number of hydrogen-bond acceptors (Lipinski definition) is 10. The molecule has 2 aliphatic rings. The number of likely N-dealkylation sites (N-methyl/N-ethyl adjacent to an activating group) is 1. The summed E-state index contributed by atoms with van der Waals surface area (Å²) < 4.78 is 0. The van der Waals surface area contributed by atoms with E-state index in [1.807, 2.05) is 25.7 Å². The second-order valence-corrected chi connectivity index (χ2v) is 12.7. The molecule has 6 N–H and O–H groups in total. The van der Waals surface area contributed by atoms with Crippen molar-refractivity contribution in [1.82, 2.24) is 4.90 Å². The first-order chi connectivity index (χ1) is 18.9. The molecule has 1 saturated carbocycles. The van der Waals surface area contributed by atoms with Crippen molar-refractivity contribution >= 4 is 34.7 Å². The standard InChI is InChI=1S/C30H43N3O8/c1-29(2,3)21(35)9-8-15-12-19(32(4)5)17-10-16-11-18(20(14-34)33(6)7)30(41,22(36)13-23(31)37)28(40)24(16)27(39)25(17)26(15)38/h12,16,18,20,34,38-39,41H,8-11,13-14H2,1-7H3,(H2,31,37)/t16-,18-,20+,30+/m0/s1. The van der Waals surface area contributed by atoms with Gasteiger partial charge in [0.25, 0.3) is 0 Å². The van der Waals surface area contributed by atoms with Gasteiger partial charge >= 0.3 is 0 Å². The van der Waals surface area contributed by atoms with E-state index in [2.05, 4.69) is 0 Å². The molecule has 1 fully saturated rings. The lowest BCUT2D eigenvalue weighted by molar-refractivity contribution is -0.163. The van der Waals surface area contributed by atoms with Crippen LogP contribution in [0, 0.1) is 17.3 Å². The van der Waals surface area contributed by atoms with Crippen molar-refractivity contribution in [3.63, 3.8) is 0 Å². The Morgan fingerprint density at radius 3 is 2.24 bits per heavy atom. The summed E-state index contributed by atoms with van der Waals surface area (Å²) in [5, 5.41) is 44.8. The van der Waals surface area contributed by atoms with Crippen LogP contribution in [-0.2, 0) is 32.0 Å². The normalized spacial score (nSPS) is 23.2. The van der Waals surface area contributed by atoms with E-state index >= 15 is 0 Å². The van der Waals surface area contributed by atoms with Gasteiger partial charge in [0, 0.05) is 49.2 Å².